The molecule has 1 unspecified atom stereocenters. The Morgan fingerprint density at radius 1 is 1.64 bits per heavy atom. The summed E-state index contributed by atoms with van der Waals surface area (Å²) in [5.41, 5.74) is 6.18. The summed E-state index contributed by atoms with van der Waals surface area (Å²) < 4.78 is 1.21. The van der Waals surface area contributed by atoms with E-state index in [1.165, 1.54) is 39.9 Å². The van der Waals surface area contributed by atoms with Crippen LogP contribution in [0.1, 0.15) is 41.5 Å². The maximum Gasteiger partial charge on any atom is 0.0392 e. The van der Waals surface area contributed by atoms with E-state index in [2.05, 4.69) is 28.9 Å². The second-order valence-corrected chi connectivity index (χ2v) is 6.33. The first-order chi connectivity index (χ1) is 6.66. The van der Waals surface area contributed by atoms with Crippen molar-refractivity contribution in [2.24, 2.45) is 11.7 Å². The maximum absolute atomic E-state index is 6.18. The zero-order chi connectivity index (χ0) is 10.1. The van der Waals surface area contributed by atoms with Gasteiger partial charge in [0, 0.05) is 20.3 Å². The molecule has 1 fully saturated rings. The van der Waals surface area contributed by atoms with Crippen molar-refractivity contribution < 1.29 is 0 Å². The lowest BCUT2D eigenvalue weighted by Gasteiger charge is -2.27. The molecule has 14 heavy (non-hydrogen) atoms. The van der Waals surface area contributed by atoms with Crippen LogP contribution < -0.4 is 5.73 Å². The Hall–Kier alpha value is 0.140. The molecule has 0 saturated heterocycles. The van der Waals surface area contributed by atoms with Crippen LogP contribution in [0.4, 0.5) is 0 Å². The van der Waals surface area contributed by atoms with E-state index >= 15 is 0 Å². The third-order valence-corrected chi connectivity index (χ3v) is 5.32. The van der Waals surface area contributed by atoms with Crippen molar-refractivity contribution in [3.8, 4) is 0 Å². The van der Waals surface area contributed by atoms with Gasteiger partial charge in [0.1, 0.15) is 0 Å². The third-order valence-electron chi connectivity index (χ3n) is 3.05. The van der Waals surface area contributed by atoms with Crippen LogP contribution in [0.3, 0.4) is 0 Å². The van der Waals surface area contributed by atoms with Crippen LogP contribution in [0.25, 0.3) is 0 Å². The Morgan fingerprint density at radius 3 is 2.79 bits per heavy atom. The summed E-state index contributed by atoms with van der Waals surface area (Å²) in [7, 11) is 0. The molecule has 0 bridgehead atoms. The number of hydrogen-bond acceptors (Lipinski definition) is 2. The van der Waals surface area contributed by atoms with Gasteiger partial charge in [-0.3, -0.25) is 0 Å². The quantitative estimate of drug-likeness (QED) is 0.885. The molecule has 78 valence electrons. The van der Waals surface area contributed by atoms with Gasteiger partial charge in [-0.25, -0.2) is 0 Å². The lowest BCUT2D eigenvalue weighted by Crippen LogP contribution is -2.19. The van der Waals surface area contributed by atoms with Crippen LogP contribution in [0.2, 0.25) is 0 Å². The van der Waals surface area contributed by atoms with Gasteiger partial charge in [-0.15, -0.1) is 11.3 Å². The summed E-state index contributed by atoms with van der Waals surface area (Å²) in [5.74, 6) is 0.895. The highest BCUT2D eigenvalue weighted by Crippen LogP contribution is 2.37. The smallest absolute Gasteiger partial charge is 0.0392 e. The minimum atomic E-state index is 0.260. The molecule has 1 aliphatic rings. The maximum atomic E-state index is 6.18. The SMILES string of the molecule is Cc1sc(C(N)CC2CCC2)cc1Br. The molecular weight excluding hydrogens is 258 g/mol. The summed E-state index contributed by atoms with van der Waals surface area (Å²) >= 11 is 5.36. The van der Waals surface area contributed by atoms with Gasteiger partial charge in [0.05, 0.1) is 0 Å². The first-order valence-corrected chi connectivity index (χ1v) is 6.79. The molecule has 1 aromatic rings. The van der Waals surface area contributed by atoms with Gasteiger partial charge in [0.25, 0.3) is 0 Å². The topological polar surface area (TPSA) is 26.0 Å². The van der Waals surface area contributed by atoms with Gasteiger partial charge in [-0.05, 0) is 41.3 Å². The molecule has 3 heteroatoms. The minimum absolute atomic E-state index is 0.260. The highest BCUT2D eigenvalue weighted by molar-refractivity contribution is 9.10. The normalized spacial score (nSPS) is 19.4. The van der Waals surface area contributed by atoms with Crippen LogP contribution in [-0.4, -0.2) is 0 Å². The molecule has 1 heterocycles. The van der Waals surface area contributed by atoms with Gasteiger partial charge in [0.15, 0.2) is 0 Å². The average Bonchev–Trinajstić information content (AvgIpc) is 2.40. The molecule has 0 amide bonds. The first-order valence-electron chi connectivity index (χ1n) is 5.18. The molecule has 0 spiro atoms. The van der Waals surface area contributed by atoms with E-state index < -0.39 is 0 Å². The molecule has 1 saturated carbocycles. The van der Waals surface area contributed by atoms with E-state index in [-0.39, 0.29) is 6.04 Å². The van der Waals surface area contributed by atoms with Gasteiger partial charge in [-0.2, -0.15) is 0 Å². The Labute approximate surface area is 97.8 Å². The molecule has 1 nitrogen and oxygen atoms in total. The number of aryl methyl sites for hydroxylation is 1. The van der Waals surface area contributed by atoms with E-state index in [1.807, 2.05) is 11.3 Å². The van der Waals surface area contributed by atoms with E-state index in [1.54, 1.807) is 0 Å². The number of hydrogen-bond donors (Lipinski definition) is 1. The average molecular weight is 274 g/mol. The molecule has 0 aromatic carbocycles. The second kappa shape index (κ2) is 4.33. The summed E-state index contributed by atoms with van der Waals surface area (Å²) in [5, 5.41) is 0. The largest absolute Gasteiger partial charge is 0.323 e. The van der Waals surface area contributed by atoms with Gasteiger partial charge in [0.2, 0.25) is 0 Å². The first kappa shape index (κ1) is 10.7. The lowest BCUT2D eigenvalue weighted by molar-refractivity contribution is 0.278. The van der Waals surface area contributed by atoms with Crippen molar-refractivity contribution in [3.63, 3.8) is 0 Å². The summed E-state index contributed by atoms with van der Waals surface area (Å²) in [6.45, 7) is 2.13. The van der Waals surface area contributed by atoms with Gasteiger partial charge in [-0.1, -0.05) is 19.3 Å². The molecular formula is C11H16BrNS. The summed E-state index contributed by atoms with van der Waals surface area (Å²) in [6, 6.07) is 2.44. The zero-order valence-electron chi connectivity index (χ0n) is 8.42. The van der Waals surface area contributed by atoms with E-state index in [0.717, 1.165) is 5.92 Å². The predicted molar refractivity (Wildman–Crippen MR) is 65.6 cm³/mol. The molecule has 1 aliphatic carbocycles. The number of halogens is 1. The number of nitrogens with two attached hydrogens (primary N) is 1. The fourth-order valence-electron chi connectivity index (χ4n) is 1.87. The number of rotatable bonds is 3. The minimum Gasteiger partial charge on any atom is -0.323 e. The van der Waals surface area contributed by atoms with E-state index in [0.29, 0.717) is 0 Å². The molecule has 1 atom stereocenters. The Bertz CT molecular complexity index is 298. The Morgan fingerprint density at radius 2 is 2.36 bits per heavy atom. The highest BCUT2D eigenvalue weighted by Gasteiger charge is 2.22. The zero-order valence-corrected chi connectivity index (χ0v) is 10.8. The lowest BCUT2D eigenvalue weighted by atomic mass is 9.81. The third kappa shape index (κ3) is 2.20. The molecule has 1 aromatic heterocycles. The fraction of sp³-hybridized carbons (Fsp3) is 0.636. The van der Waals surface area contributed by atoms with Crippen molar-refractivity contribution in [3.05, 3.63) is 20.3 Å². The summed E-state index contributed by atoms with van der Waals surface area (Å²) in [6.07, 6.45) is 5.36. The van der Waals surface area contributed by atoms with E-state index in [4.69, 9.17) is 5.73 Å². The highest BCUT2D eigenvalue weighted by atomic mass is 79.9. The van der Waals surface area contributed by atoms with Gasteiger partial charge >= 0.3 is 0 Å². The Kier molecular flexibility index (Phi) is 3.30. The van der Waals surface area contributed by atoms with Crippen LogP contribution >= 0.6 is 27.3 Å². The molecule has 0 radical (unpaired) electrons. The van der Waals surface area contributed by atoms with Crippen LogP contribution in [0, 0.1) is 12.8 Å². The van der Waals surface area contributed by atoms with E-state index in [9.17, 15) is 0 Å². The van der Waals surface area contributed by atoms with Crippen molar-refractivity contribution in [2.75, 3.05) is 0 Å². The van der Waals surface area contributed by atoms with Crippen molar-refractivity contribution in [2.45, 2.75) is 38.6 Å². The molecule has 0 aliphatic heterocycles. The molecule has 2 rings (SSSR count). The second-order valence-electron chi connectivity index (χ2n) is 4.19. The monoisotopic (exact) mass is 273 g/mol. The summed E-state index contributed by atoms with van der Waals surface area (Å²) in [4.78, 5) is 2.67. The Balaban J connectivity index is 1.98. The van der Waals surface area contributed by atoms with Crippen LogP contribution in [0.15, 0.2) is 10.5 Å². The van der Waals surface area contributed by atoms with Crippen LogP contribution in [0.5, 0.6) is 0 Å². The van der Waals surface area contributed by atoms with Crippen molar-refractivity contribution in [1.29, 1.82) is 0 Å². The van der Waals surface area contributed by atoms with Crippen molar-refractivity contribution in [1.82, 2.24) is 0 Å². The van der Waals surface area contributed by atoms with Crippen molar-refractivity contribution >= 4 is 27.3 Å². The fourth-order valence-corrected chi connectivity index (χ4v) is 3.44. The molecule has 2 N–H and O–H groups in total. The standard InChI is InChI=1S/C11H16BrNS/c1-7-9(12)6-11(14-7)10(13)5-8-3-2-4-8/h6,8,10H,2-5,13H2,1H3. The number of thiophene rings is 1. The van der Waals surface area contributed by atoms with Crippen LogP contribution in [-0.2, 0) is 0 Å². The van der Waals surface area contributed by atoms with Gasteiger partial charge < -0.3 is 5.73 Å². The predicted octanol–water partition coefficient (Wildman–Crippen LogP) is 4.01.